The van der Waals surface area contributed by atoms with E-state index >= 15 is 0 Å². The lowest BCUT2D eigenvalue weighted by Gasteiger charge is -2.35. The molecule has 1 aromatic heterocycles. The van der Waals surface area contributed by atoms with E-state index in [1.165, 1.54) is 117 Å². The van der Waals surface area contributed by atoms with E-state index in [4.69, 9.17) is 0 Å². The molecule has 1 heterocycles. The second kappa shape index (κ2) is 15.8. The summed E-state index contributed by atoms with van der Waals surface area (Å²) in [6, 6.07) is 74.4. The molecule has 1 spiro atoms. The van der Waals surface area contributed by atoms with Crippen LogP contribution in [0.25, 0.3) is 66.4 Å². The predicted octanol–water partition coefficient (Wildman–Crippen LogP) is 19.3. The molecular weight excluding hydrogens is 893 g/mol. The van der Waals surface area contributed by atoms with Crippen molar-refractivity contribution >= 4 is 44.4 Å². The van der Waals surface area contributed by atoms with E-state index in [2.05, 4.69) is 271 Å². The molecule has 0 aliphatic heterocycles. The fourth-order valence-corrected chi connectivity index (χ4v) is 13.7. The number of anilines is 3. The quantitative estimate of drug-likeness (QED) is 0.167. The number of aromatic nitrogens is 1. The Morgan fingerprint density at radius 2 is 1.14 bits per heavy atom. The molecule has 9 aromatic carbocycles. The molecular formula is C72H62N2. The van der Waals surface area contributed by atoms with Crippen LogP contribution in [0.4, 0.5) is 17.1 Å². The van der Waals surface area contributed by atoms with Crippen LogP contribution in [0.5, 0.6) is 0 Å². The summed E-state index contributed by atoms with van der Waals surface area (Å²) in [4.78, 5) is 2.63. The van der Waals surface area contributed by atoms with Gasteiger partial charge >= 0.3 is 0 Å². The van der Waals surface area contributed by atoms with Crippen molar-refractivity contribution in [3.8, 4) is 39.1 Å². The molecule has 0 saturated carbocycles. The normalized spacial score (nSPS) is 16.9. The Morgan fingerprint density at radius 1 is 0.459 bits per heavy atom. The van der Waals surface area contributed by atoms with Crippen LogP contribution in [-0.4, -0.2) is 4.57 Å². The van der Waals surface area contributed by atoms with Crippen molar-refractivity contribution in [2.75, 3.05) is 4.90 Å². The number of rotatable bonds is 5. The lowest BCUT2D eigenvalue weighted by Crippen LogP contribution is -2.28. The molecule has 4 aliphatic rings. The molecule has 360 valence electrons. The molecule has 0 bridgehead atoms. The van der Waals surface area contributed by atoms with E-state index in [-0.39, 0.29) is 16.2 Å². The second-order valence-electron chi connectivity index (χ2n) is 24.0. The topological polar surface area (TPSA) is 8.17 Å². The van der Waals surface area contributed by atoms with E-state index in [0.29, 0.717) is 0 Å². The molecule has 2 heteroatoms. The molecule has 1 atom stereocenters. The van der Waals surface area contributed by atoms with Gasteiger partial charge in [-0.25, -0.2) is 0 Å². The van der Waals surface area contributed by atoms with Gasteiger partial charge in [0.05, 0.1) is 22.1 Å². The molecule has 0 radical (unpaired) electrons. The van der Waals surface area contributed by atoms with E-state index in [0.717, 1.165) is 29.9 Å². The Hall–Kier alpha value is -7.94. The predicted molar refractivity (Wildman–Crippen MR) is 313 cm³/mol. The van der Waals surface area contributed by atoms with Crippen molar-refractivity contribution < 1.29 is 0 Å². The van der Waals surface area contributed by atoms with Gasteiger partial charge in [0.25, 0.3) is 0 Å². The summed E-state index contributed by atoms with van der Waals surface area (Å²) < 4.78 is 2.48. The molecule has 10 aromatic rings. The van der Waals surface area contributed by atoms with Gasteiger partial charge in [0.2, 0.25) is 0 Å². The zero-order valence-corrected chi connectivity index (χ0v) is 43.9. The van der Waals surface area contributed by atoms with E-state index in [1.54, 1.807) is 0 Å². The number of fused-ring (bicyclic) bond motifs is 15. The number of allylic oxidation sites excluding steroid dienone is 4. The monoisotopic (exact) mass is 954 g/mol. The molecule has 0 N–H and O–H groups in total. The molecule has 0 saturated heterocycles. The minimum atomic E-state index is -0.485. The van der Waals surface area contributed by atoms with Gasteiger partial charge < -0.3 is 9.47 Å². The Bertz CT molecular complexity index is 4060. The first-order valence-electron chi connectivity index (χ1n) is 26.8. The number of hydrogen-bond acceptors (Lipinski definition) is 1. The largest absolute Gasteiger partial charge is 0.310 e. The number of para-hydroxylation sites is 1. The number of benzene rings is 9. The molecule has 14 rings (SSSR count). The maximum atomic E-state index is 2.63. The third-order valence-corrected chi connectivity index (χ3v) is 17.4. The van der Waals surface area contributed by atoms with Gasteiger partial charge in [0.15, 0.2) is 0 Å². The summed E-state index contributed by atoms with van der Waals surface area (Å²) >= 11 is 0. The van der Waals surface area contributed by atoms with Gasteiger partial charge in [-0.05, 0) is 162 Å². The lowest BCUT2D eigenvalue weighted by molar-refractivity contribution is 0.586. The Labute approximate surface area is 437 Å². The Balaban J connectivity index is 1.08. The smallest absolute Gasteiger partial charge is 0.0723 e. The van der Waals surface area contributed by atoms with E-state index < -0.39 is 5.41 Å². The lowest BCUT2D eigenvalue weighted by atomic mass is 9.67. The maximum Gasteiger partial charge on any atom is 0.0723 e. The van der Waals surface area contributed by atoms with E-state index in [1.807, 2.05) is 0 Å². The summed E-state index contributed by atoms with van der Waals surface area (Å²) in [6.07, 6.45) is 7.04. The van der Waals surface area contributed by atoms with Crippen LogP contribution in [-0.2, 0) is 21.7 Å². The van der Waals surface area contributed by atoms with Gasteiger partial charge in [-0.3, -0.25) is 0 Å². The summed E-state index contributed by atoms with van der Waals surface area (Å²) in [7, 11) is 0. The molecule has 2 nitrogen and oxygen atoms in total. The van der Waals surface area contributed by atoms with Crippen LogP contribution in [0.15, 0.2) is 212 Å². The van der Waals surface area contributed by atoms with Crippen LogP contribution < -0.4 is 4.90 Å². The molecule has 4 aliphatic carbocycles. The summed E-state index contributed by atoms with van der Waals surface area (Å²) in [5, 5.41) is 2.50. The highest BCUT2D eigenvalue weighted by Crippen LogP contribution is 2.66. The second-order valence-corrected chi connectivity index (χ2v) is 24.0. The third kappa shape index (κ3) is 6.30. The van der Waals surface area contributed by atoms with Gasteiger partial charge in [-0.1, -0.05) is 207 Å². The van der Waals surface area contributed by atoms with E-state index in [9.17, 15) is 0 Å². The average Bonchev–Trinajstić information content (AvgIpc) is 4.09. The first-order valence-corrected chi connectivity index (χ1v) is 26.8. The van der Waals surface area contributed by atoms with Crippen molar-refractivity contribution in [2.45, 2.75) is 89.9 Å². The van der Waals surface area contributed by atoms with Gasteiger partial charge in [0.1, 0.15) is 0 Å². The SMILES string of the molecule is CC(C)(C)c1ccc2c(c1)C1(C3=C(CCC=C3)c3ccccc31)c1cc(C(C)(C)C)cc(N(c3cccc(-n4c5ccccc5c5cc(-c6ccccc6)ccc54)c3)c3ccc4c(c3)C(C)(C)c3ccccc3-4)c1-2. The van der Waals surface area contributed by atoms with Crippen molar-refractivity contribution in [1.29, 1.82) is 0 Å². The van der Waals surface area contributed by atoms with Gasteiger partial charge in [-0.2, -0.15) is 0 Å². The first-order chi connectivity index (χ1) is 35.7. The van der Waals surface area contributed by atoms with Crippen LogP contribution >= 0.6 is 0 Å². The molecule has 74 heavy (non-hydrogen) atoms. The van der Waals surface area contributed by atoms with Gasteiger partial charge in [-0.15, -0.1) is 0 Å². The van der Waals surface area contributed by atoms with Crippen molar-refractivity contribution in [2.24, 2.45) is 0 Å². The van der Waals surface area contributed by atoms with Crippen molar-refractivity contribution in [3.63, 3.8) is 0 Å². The summed E-state index contributed by atoms with van der Waals surface area (Å²) in [5.41, 5.74) is 27.8. The maximum absolute atomic E-state index is 2.63. The zero-order chi connectivity index (χ0) is 50.5. The highest BCUT2D eigenvalue weighted by Gasteiger charge is 2.54. The molecule has 0 amide bonds. The first kappa shape index (κ1) is 44.7. The standard InChI is InChI=1S/C72H62N2/c1-69(2,3)47-34-36-57-63(40-47)72(60-30-17-13-26-53(60)54-27-14-18-31-61(54)72)64-41-48(70(4,5)6)42-67(68(57)64)73(51-35-37-55-52-25-12-16-29-59(52)71(7,8)62(55)44-51)49-23-20-24-50(43-49)74-65-32-19-15-28-56(65)58-39-46(33-38-66(58)74)45-21-10-9-11-22-45/h9-13,15-26,28-44H,14,27H2,1-8H3. The molecule has 0 fully saturated rings. The Kier molecular flexibility index (Phi) is 9.54. The number of hydrogen-bond donors (Lipinski definition) is 0. The third-order valence-electron chi connectivity index (χ3n) is 17.4. The fraction of sp³-hybridized carbons (Fsp3) is 0.194. The highest BCUT2D eigenvalue weighted by atomic mass is 15.1. The molecule has 1 unspecified atom stereocenters. The fourth-order valence-electron chi connectivity index (χ4n) is 13.7. The summed E-state index contributed by atoms with van der Waals surface area (Å²) in [5.74, 6) is 0. The Morgan fingerprint density at radius 3 is 1.95 bits per heavy atom. The highest BCUT2D eigenvalue weighted by molar-refractivity contribution is 6.11. The average molecular weight is 955 g/mol. The van der Waals surface area contributed by atoms with Crippen LogP contribution in [0.2, 0.25) is 0 Å². The van der Waals surface area contributed by atoms with Crippen LogP contribution in [0, 0.1) is 0 Å². The summed E-state index contributed by atoms with van der Waals surface area (Å²) in [6.45, 7) is 19.1. The van der Waals surface area contributed by atoms with Crippen LogP contribution in [0.1, 0.15) is 113 Å². The minimum absolute atomic E-state index is 0.0423. The van der Waals surface area contributed by atoms with Gasteiger partial charge in [0, 0.05) is 38.8 Å². The van der Waals surface area contributed by atoms with Crippen molar-refractivity contribution in [3.05, 3.63) is 256 Å². The zero-order valence-electron chi connectivity index (χ0n) is 43.9. The number of nitrogens with zero attached hydrogens (tertiary/aromatic N) is 2. The minimum Gasteiger partial charge on any atom is -0.310 e. The van der Waals surface area contributed by atoms with Crippen LogP contribution in [0.3, 0.4) is 0 Å². The van der Waals surface area contributed by atoms with Crippen molar-refractivity contribution in [1.82, 2.24) is 4.57 Å².